The second-order valence-corrected chi connectivity index (χ2v) is 9.67. The first-order valence-electron chi connectivity index (χ1n) is 11.1. The first kappa shape index (κ1) is 25.1. The normalized spacial score (nSPS) is 22.2. The molecule has 1 unspecified atom stereocenters. The van der Waals surface area contributed by atoms with Crippen molar-refractivity contribution in [2.24, 2.45) is 0 Å². The number of benzene rings is 2. The van der Waals surface area contributed by atoms with Crippen LogP contribution in [-0.2, 0) is 17.5 Å². The molecule has 4 rings (SSSR count). The zero-order valence-electron chi connectivity index (χ0n) is 18.7. The Morgan fingerprint density at radius 1 is 1.03 bits per heavy atom. The Bertz CT molecular complexity index is 1030. The van der Waals surface area contributed by atoms with Crippen molar-refractivity contribution in [2.45, 2.75) is 24.7 Å². The molecule has 2 aliphatic rings. The number of amides is 1. The number of rotatable bonds is 5. The van der Waals surface area contributed by atoms with Gasteiger partial charge in [-0.1, -0.05) is 35.3 Å². The van der Waals surface area contributed by atoms with Gasteiger partial charge < -0.3 is 14.5 Å². The summed E-state index contributed by atoms with van der Waals surface area (Å²) >= 11 is 12.5. The minimum Gasteiger partial charge on any atom is -0.476 e. The van der Waals surface area contributed by atoms with Crippen LogP contribution in [0.15, 0.2) is 42.5 Å². The van der Waals surface area contributed by atoms with Gasteiger partial charge in [0.15, 0.2) is 0 Å². The van der Waals surface area contributed by atoms with E-state index in [0.717, 1.165) is 30.8 Å². The summed E-state index contributed by atoms with van der Waals surface area (Å²) in [5.41, 5.74) is -1.12. The fourth-order valence-electron chi connectivity index (χ4n) is 4.44. The highest BCUT2D eigenvalue weighted by molar-refractivity contribution is 6.42. The van der Waals surface area contributed by atoms with Crippen molar-refractivity contribution in [1.82, 2.24) is 14.7 Å². The van der Waals surface area contributed by atoms with Crippen LogP contribution in [0.5, 0.6) is 5.75 Å². The Balaban J connectivity index is 1.57. The zero-order valence-corrected chi connectivity index (χ0v) is 20.3. The second-order valence-electron chi connectivity index (χ2n) is 8.89. The molecule has 1 amide bonds. The van der Waals surface area contributed by atoms with Crippen LogP contribution in [-0.4, -0.2) is 72.5 Å². The van der Waals surface area contributed by atoms with Crippen molar-refractivity contribution in [1.29, 1.82) is 0 Å². The largest absolute Gasteiger partial charge is 0.476 e. The van der Waals surface area contributed by atoms with Crippen LogP contribution < -0.4 is 4.74 Å². The summed E-state index contributed by atoms with van der Waals surface area (Å²) in [6, 6.07) is 9.92. The number of ether oxygens (including phenoxy) is 1. The van der Waals surface area contributed by atoms with Gasteiger partial charge in [-0.05, 0) is 42.9 Å². The summed E-state index contributed by atoms with van der Waals surface area (Å²) in [6.07, 6.45) is -4.02. The molecule has 0 aliphatic carbocycles. The van der Waals surface area contributed by atoms with E-state index < -0.39 is 17.3 Å². The summed E-state index contributed by atoms with van der Waals surface area (Å²) in [7, 11) is 2.00. The molecule has 0 bridgehead atoms. The van der Waals surface area contributed by atoms with Crippen molar-refractivity contribution >= 4 is 29.1 Å². The Morgan fingerprint density at radius 3 is 2.35 bits per heavy atom. The fourth-order valence-corrected chi connectivity index (χ4v) is 4.82. The van der Waals surface area contributed by atoms with E-state index in [1.165, 1.54) is 12.1 Å². The van der Waals surface area contributed by atoms with Gasteiger partial charge in [0.05, 0.1) is 15.6 Å². The first-order chi connectivity index (χ1) is 16.1. The number of carbonyl (C=O) groups excluding carboxylic acids is 1. The third-order valence-electron chi connectivity index (χ3n) is 6.41. The van der Waals surface area contributed by atoms with E-state index in [9.17, 15) is 18.0 Å². The Kier molecular flexibility index (Phi) is 7.33. The number of carbonyl (C=O) groups is 1. The van der Waals surface area contributed by atoms with Crippen molar-refractivity contribution in [2.75, 3.05) is 46.3 Å². The molecule has 2 saturated heterocycles. The molecule has 1 atom stereocenters. The van der Waals surface area contributed by atoms with E-state index in [1.54, 1.807) is 11.0 Å². The summed E-state index contributed by atoms with van der Waals surface area (Å²) in [4.78, 5) is 19.7. The van der Waals surface area contributed by atoms with Crippen LogP contribution >= 0.6 is 23.2 Å². The first-order valence-corrected chi connectivity index (χ1v) is 11.8. The van der Waals surface area contributed by atoms with Crippen molar-refractivity contribution in [3.8, 4) is 5.75 Å². The van der Waals surface area contributed by atoms with Gasteiger partial charge in [-0.15, -0.1) is 0 Å². The summed E-state index contributed by atoms with van der Waals surface area (Å²) in [5.74, 6) is 0.0957. The third kappa shape index (κ3) is 5.46. The van der Waals surface area contributed by atoms with Crippen LogP contribution in [0.2, 0.25) is 10.0 Å². The van der Waals surface area contributed by atoms with Crippen LogP contribution in [0.3, 0.4) is 0 Å². The molecule has 0 spiro atoms. The van der Waals surface area contributed by atoms with Crippen LogP contribution in [0.1, 0.15) is 17.5 Å². The molecule has 0 saturated carbocycles. The number of likely N-dealkylation sites (N-methyl/N-ethyl adjacent to an activating group) is 1. The number of piperazine rings is 1. The molecule has 2 aromatic carbocycles. The number of alkyl halides is 3. The number of nitrogens with zero attached hydrogens (tertiary/aromatic N) is 3. The van der Waals surface area contributed by atoms with Crippen molar-refractivity contribution in [3.05, 3.63) is 63.6 Å². The summed E-state index contributed by atoms with van der Waals surface area (Å²) < 4.78 is 45.2. The fraction of sp³-hybridized carbons (Fsp3) is 0.458. The van der Waals surface area contributed by atoms with Crippen molar-refractivity contribution in [3.63, 3.8) is 0 Å². The molecular formula is C24H26Cl2F3N3O2. The predicted molar refractivity (Wildman–Crippen MR) is 125 cm³/mol. The van der Waals surface area contributed by atoms with Gasteiger partial charge in [-0.2, -0.15) is 13.2 Å². The average Bonchev–Trinajstić information content (AvgIpc) is 3.20. The summed E-state index contributed by atoms with van der Waals surface area (Å²) in [5, 5.41) is 0.926. The lowest BCUT2D eigenvalue weighted by Crippen LogP contribution is -2.58. The molecule has 34 heavy (non-hydrogen) atoms. The highest BCUT2D eigenvalue weighted by atomic mass is 35.5. The number of hydrogen-bond acceptors (Lipinski definition) is 4. The lowest BCUT2D eigenvalue weighted by molar-refractivity contribution is -0.149. The highest BCUT2D eigenvalue weighted by Crippen LogP contribution is 2.35. The van der Waals surface area contributed by atoms with Gasteiger partial charge in [0.2, 0.25) is 5.60 Å². The van der Waals surface area contributed by atoms with Gasteiger partial charge in [0, 0.05) is 52.2 Å². The molecule has 2 fully saturated rings. The molecular weight excluding hydrogens is 490 g/mol. The van der Waals surface area contributed by atoms with E-state index in [4.69, 9.17) is 27.9 Å². The number of halogens is 5. The van der Waals surface area contributed by atoms with E-state index >= 15 is 0 Å². The van der Waals surface area contributed by atoms with E-state index in [2.05, 4.69) is 9.80 Å². The second kappa shape index (κ2) is 9.93. The molecule has 2 heterocycles. The maximum atomic E-state index is 13.7. The number of likely N-dealkylation sites (tertiary alicyclic amines) is 1. The molecule has 0 aromatic heterocycles. The van der Waals surface area contributed by atoms with Crippen LogP contribution in [0, 0.1) is 0 Å². The van der Waals surface area contributed by atoms with E-state index in [1.807, 2.05) is 19.2 Å². The van der Waals surface area contributed by atoms with E-state index in [0.29, 0.717) is 49.2 Å². The molecule has 2 aromatic rings. The average molecular weight is 516 g/mol. The highest BCUT2D eigenvalue weighted by Gasteiger charge is 2.49. The molecule has 2 aliphatic heterocycles. The summed E-state index contributed by atoms with van der Waals surface area (Å²) in [6.45, 7) is 4.01. The van der Waals surface area contributed by atoms with Crippen LogP contribution in [0.25, 0.3) is 0 Å². The molecule has 184 valence electrons. The van der Waals surface area contributed by atoms with Gasteiger partial charge >= 0.3 is 6.18 Å². The van der Waals surface area contributed by atoms with Gasteiger partial charge in [-0.3, -0.25) is 9.69 Å². The third-order valence-corrected chi connectivity index (χ3v) is 7.27. The van der Waals surface area contributed by atoms with Gasteiger partial charge in [0.25, 0.3) is 5.91 Å². The minimum absolute atomic E-state index is 0.139. The minimum atomic E-state index is -4.44. The topological polar surface area (TPSA) is 36.0 Å². The standard InChI is InChI=1S/C24H26Cl2F3N3O2/c1-30-11-13-32(14-12-30)22(33)23(34-19-7-5-18(6-8-19)24(27,28)29)9-10-31(16-23)15-17-3-2-4-20(25)21(17)26/h2-8H,9-16H2,1H3. The SMILES string of the molecule is CN1CCN(C(=O)C2(Oc3ccc(C(F)(F)F)cc3)CCN(Cc3cccc(Cl)c3Cl)C2)CC1. The maximum Gasteiger partial charge on any atom is 0.416 e. The quantitative estimate of drug-likeness (QED) is 0.572. The Morgan fingerprint density at radius 2 is 1.71 bits per heavy atom. The predicted octanol–water partition coefficient (Wildman–Crippen LogP) is 4.81. The van der Waals surface area contributed by atoms with E-state index in [-0.39, 0.29) is 11.7 Å². The lowest BCUT2D eigenvalue weighted by Gasteiger charge is -2.38. The lowest BCUT2D eigenvalue weighted by atomic mass is 10.00. The zero-order chi connectivity index (χ0) is 24.5. The van der Waals surface area contributed by atoms with Gasteiger partial charge in [-0.25, -0.2) is 0 Å². The Hall–Kier alpha value is -2.00. The molecule has 5 nitrogen and oxygen atoms in total. The van der Waals surface area contributed by atoms with Crippen LogP contribution in [0.4, 0.5) is 13.2 Å². The van der Waals surface area contributed by atoms with Crippen molar-refractivity contribution < 1.29 is 22.7 Å². The molecule has 10 heteroatoms. The smallest absolute Gasteiger partial charge is 0.416 e. The molecule has 0 radical (unpaired) electrons. The monoisotopic (exact) mass is 515 g/mol. The number of hydrogen-bond donors (Lipinski definition) is 0. The molecule has 0 N–H and O–H groups in total. The maximum absolute atomic E-state index is 13.7. The Labute approximate surface area is 207 Å². The van der Waals surface area contributed by atoms with Gasteiger partial charge in [0.1, 0.15) is 5.75 Å².